The zero-order valence-electron chi connectivity index (χ0n) is 7.97. The predicted octanol–water partition coefficient (Wildman–Crippen LogP) is -0.781. The van der Waals surface area contributed by atoms with Crippen molar-refractivity contribution in [2.24, 2.45) is 0 Å². The molecule has 5 nitrogen and oxygen atoms in total. The molecule has 0 atom stereocenters. The first kappa shape index (κ1) is 11.5. The fourth-order valence-electron chi connectivity index (χ4n) is 1.02. The van der Waals surface area contributed by atoms with Gasteiger partial charge in [-0.25, -0.2) is 8.42 Å². The highest BCUT2D eigenvalue weighted by Gasteiger charge is 2.14. The Kier molecular flexibility index (Phi) is 3.31. The number of hydrogen-bond donors (Lipinski definition) is 0. The van der Waals surface area contributed by atoms with Gasteiger partial charge in [-0.05, 0) is 24.3 Å². The highest BCUT2D eigenvalue weighted by Crippen LogP contribution is 2.16. The van der Waals surface area contributed by atoms with Gasteiger partial charge in [0.05, 0.1) is 23.7 Å². The van der Waals surface area contributed by atoms with Crippen molar-refractivity contribution in [2.45, 2.75) is 4.90 Å². The molecular formula is C9H9O5S-. The minimum absolute atomic E-state index is 0.0625. The van der Waals surface area contributed by atoms with Crippen LogP contribution in [0.3, 0.4) is 0 Å². The van der Waals surface area contributed by atoms with Crippen molar-refractivity contribution in [1.82, 2.24) is 0 Å². The molecule has 0 bridgehead atoms. The Morgan fingerprint density at radius 3 is 2.27 bits per heavy atom. The Balaban J connectivity index is 3.01. The number of rotatable bonds is 4. The number of hydrogen-bond acceptors (Lipinski definition) is 5. The summed E-state index contributed by atoms with van der Waals surface area (Å²) in [5, 5.41) is 10.2. The maximum Gasteiger partial charge on any atom is 0.183 e. The monoisotopic (exact) mass is 229 g/mol. The number of carboxylic acid groups (broad SMARTS) is 1. The summed E-state index contributed by atoms with van der Waals surface area (Å²) in [6.45, 7) is 0. The summed E-state index contributed by atoms with van der Waals surface area (Å²) in [7, 11) is -2.35. The number of aliphatic carboxylic acids is 1. The van der Waals surface area contributed by atoms with Gasteiger partial charge in [-0.1, -0.05) is 0 Å². The molecule has 1 aromatic carbocycles. The quantitative estimate of drug-likeness (QED) is 0.676. The molecular weight excluding hydrogens is 220 g/mol. The van der Waals surface area contributed by atoms with Gasteiger partial charge in [0.15, 0.2) is 9.84 Å². The van der Waals surface area contributed by atoms with Crippen LogP contribution < -0.4 is 9.84 Å². The van der Waals surface area contributed by atoms with E-state index in [4.69, 9.17) is 4.74 Å². The fraction of sp³-hybridized carbons (Fsp3) is 0.222. The van der Waals surface area contributed by atoms with Gasteiger partial charge in [0.25, 0.3) is 0 Å². The van der Waals surface area contributed by atoms with Gasteiger partial charge < -0.3 is 14.6 Å². The lowest BCUT2D eigenvalue weighted by Crippen LogP contribution is -2.30. The highest BCUT2D eigenvalue weighted by molar-refractivity contribution is 7.92. The van der Waals surface area contributed by atoms with Gasteiger partial charge in [0.2, 0.25) is 0 Å². The lowest BCUT2D eigenvalue weighted by molar-refractivity contribution is -0.301. The zero-order valence-corrected chi connectivity index (χ0v) is 8.78. The summed E-state index contributed by atoms with van der Waals surface area (Å²) in [5.74, 6) is -2.13. The SMILES string of the molecule is COc1ccc(S(=O)(=O)CC(=O)[O-])cc1. The molecule has 0 aromatic heterocycles. The maximum atomic E-state index is 11.4. The van der Waals surface area contributed by atoms with Crippen LogP contribution >= 0.6 is 0 Å². The standard InChI is InChI=1S/C9H10O5S/c1-14-7-2-4-8(5-3-7)15(12,13)6-9(10)11/h2-5H,6H2,1H3,(H,10,11)/p-1. The fourth-order valence-corrected chi connectivity index (χ4v) is 2.05. The second-order valence-electron chi connectivity index (χ2n) is 2.81. The van der Waals surface area contributed by atoms with E-state index in [-0.39, 0.29) is 4.90 Å². The summed E-state index contributed by atoms with van der Waals surface area (Å²) in [6.07, 6.45) is 0. The first-order valence-electron chi connectivity index (χ1n) is 4.02. The normalized spacial score (nSPS) is 11.0. The van der Waals surface area contributed by atoms with Gasteiger partial charge in [-0.2, -0.15) is 0 Å². The molecule has 1 aromatic rings. The predicted molar refractivity (Wildman–Crippen MR) is 50.1 cm³/mol. The molecule has 0 radical (unpaired) electrons. The van der Waals surface area contributed by atoms with Crippen LogP contribution in [0.1, 0.15) is 0 Å². The molecule has 0 aliphatic heterocycles. The van der Waals surface area contributed by atoms with E-state index in [0.717, 1.165) is 0 Å². The summed E-state index contributed by atoms with van der Waals surface area (Å²) < 4.78 is 27.6. The van der Waals surface area contributed by atoms with E-state index in [1.54, 1.807) is 0 Å². The first-order chi connectivity index (χ1) is 6.95. The Morgan fingerprint density at radius 2 is 1.87 bits per heavy atom. The third kappa shape index (κ3) is 2.95. The molecule has 0 N–H and O–H groups in total. The van der Waals surface area contributed by atoms with Crippen molar-refractivity contribution < 1.29 is 23.1 Å². The number of carbonyl (C=O) groups excluding carboxylic acids is 1. The van der Waals surface area contributed by atoms with Gasteiger partial charge in [0.1, 0.15) is 5.75 Å². The van der Waals surface area contributed by atoms with Crippen LogP contribution in [0.2, 0.25) is 0 Å². The third-order valence-electron chi connectivity index (χ3n) is 1.73. The highest BCUT2D eigenvalue weighted by atomic mass is 32.2. The number of methoxy groups -OCH3 is 1. The van der Waals surface area contributed by atoms with Crippen molar-refractivity contribution in [3.05, 3.63) is 24.3 Å². The summed E-state index contributed by atoms with van der Waals surface area (Å²) >= 11 is 0. The number of benzene rings is 1. The van der Waals surface area contributed by atoms with Crippen LogP contribution in [0.15, 0.2) is 29.2 Å². The molecule has 0 aliphatic carbocycles. The third-order valence-corrected chi connectivity index (χ3v) is 3.33. The molecule has 0 amide bonds. The number of sulfone groups is 1. The number of ether oxygens (including phenoxy) is 1. The largest absolute Gasteiger partial charge is 0.549 e. The molecule has 15 heavy (non-hydrogen) atoms. The summed E-state index contributed by atoms with van der Waals surface area (Å²) in [6, 6.07) is 5.47. The molecule has 0 unspecified atom stereocenters. The van der Waals surface area contributed by atoms with Gasteiger partial charge >= 0.3 is 0 Å². The van der Waals surface area contributed by atoms with Crippen molar-refractivity contribution >= 4 is 15.8 Å². The molecule has 1 rings (SSSR count). The van der Waals surface area contributed by atoms with Crippen LogP contribution in [0.5, 0.6) is 5.75 Å². The van der Waals surface area contributed by atoms with Crippen LogP contribution in [0.25, 0.3) is 0 Å². The topological polar surface area (TPSA) is 83.5 Å². The van der Waals surface area contributed by atoms with Gasteiger partial charge in [-0.3, -0.25) is 0 Å². The molecule has 0 saturated carbocycles. The van der Waals surface area contributed by atoms with Crippen molar-refractivity contribution in [1.29, 1.82) is 0 Å². The Bertz CT molecular complexity index is 446. The van der Waals surface area contributed by atoms with E-state index in [1.165, 1.54) is 31.4 Å². The molecule has 0 fully saturated rings. The molecule has 0 saturated heterocycles. The average molecular weight is 229 g/mol. The smallest absolute Gasteiger partial charge is 0.183 e. The molecule has 0 spiro atoms. The number of carbonyl (C=O) groups is 1. The minimum Gasteiger partial charge on any atom is -0.549 e. The van der Waals surface area contributed by atoms with Crippen LogP contribution in [0, 0.1) is 0 Å². The van der Waals surface area contributed by atoms with E-state index in [9.17, 15) is 18.3 Å². The lowest BCUT2D eigenvalue weighted by atomic mass is 10.3. The van der Waals surface area contributed by atoms with Gasteiger partial charge in [-0.15, -0.1) is 0 Å². The van der Waals surface area contributed by atoms with Crippen LogP contribution in [-0.2, 0) is 14.6 Å². The van der Waals surface area contributed by atoms with Crippen molar-refractivity contribution in [3.8, 4) is 5.75 Å². The Labute approximate surface area is 87.2 Å². The molecule has 0 aliphatic rings. The summed E-state index contributed by atoms with van der Waals surface area (Å²) in [5.41, 5.74) is 0. The lowest BCUT2D eigenvalue weighted by Gasteiger charge is -2.05. The second-order valence-corrected chi connectivity index (χ2v) is 4.80. The first-order valence-corrected chi connectivity index (χ1v) is 5.67. The van der Waals surface area contributed by atoms with E-state index in [1.807, 2.05) is 0 Å². The van der Waals surface area contributed by atoms with E-state index < -0.39 is 21.6 Å². The Hall–Kier alpha value is -1.56. The van der Waals surface area contributed by atoms with Gasteiger partial charge in [0, 0.05) is 0 Å². The minimum atomic E-state index is -3.80. The van der Waals surface area contributed by atoms with E-state index in [0.29, 0.717) is 5.75 Å². The molecule has 0 heterocycles. The zero-order chi connectivity index (χ0) is 11.5. The van der Waals surface area contributed by atoms with Crippen LogP contribution in [-0.4, -0.2) is 27.2 Å². The van der Waals surface area contributed by atoms with Crippen molar-refractivity contribution in [3.63, 3.8) is 0 Å². The van der Waals surface area contributed by atoms with Crippen molar-refractivity contribution in [2.75, 3.05) is 12.9 Å². The Morgan fingerprint density at radius 1 is 1.33 bits per heavy atom. The van der Waals surface area contributed by atoms with E-state index in [2.05, 4.69) is 0 Å². The molecule has 6 heteroatoms. The maximum absolute atomic E-state index is 11.4. The average Bonchev–Trinajstić information content (AvgIpc) is 2.16. The van der Waals surface area contributed by atoms with Crippen LogP contribution in [0.4, 0.5) is 0 Å². The second kappa shape index (κ2) is 4.31. The summed E-state index contributed by atoms with van der Waals surface area (Å²) in [4.78, 5) is 10.1. The molecule has 82 valence electrons. The number of carboxylic acids is 1. The van der Waals surface area contributed by atoms with E-state index >= 15 is 0 Å².